The molecule has 0 aliphatic rings. The number of hydrogen-bond acceptors (Lipinski definition) is 5. The number of aryl methyl sites for hydroxylation is 1. The number of nitrogens with zero attached hydrogens (tertiary/aromatic N) is 3. The molecule has 3 rings (SSSR count). The van der Waals surface area contributed by atoms with E-state index in [9.17, 15) is 0 Å². The van der Waals surface area contributed by atoms with Gasteiger partial charge in [-0.15, -0.1) is 0 Å². The first-order valence-electron chi connectivity index (χ1n) is 8.47. The minimum absolute atomic E-state index is 0.437. The van der Waals surface area contributed by atoms with Crippen LogP contribution in [-0.4, -0.2) is 34.9 Å². The zero-order chi connectivity index (χ0) is 17.8. The Morgan fingerprint density at radius 1 is 1.32 bits per heavy atom. The van der Waals surface area contributed by atoms with E-state index in [-0.39, 0.29) is 0 Å². The molecule has 0 unspecified atom stereocenters. The summed E-state index contributed by atoms with van der Waals surface area (Å²) in [4.78, 5) is 9.24. The summed E-state index contributed by atoms with van der Waals surface area (Å²) in [6.45, 7) is 8.35. The van der Waals surface area contributed by atoms with Crippen LogP contribution in [0.3, 0.4) is 0 Å². The maximum atomic E-state index is 6.20. The third-order valence-corrected chi connectivity index (χ3v) is 4.21. The van der Waals surface area contributed by atoms with Gasteiger partial charge in [0, 0.05) is 32.3 Å². The summed E-state index contributed by atoms with van der Waals surface area (Å²) < 4.78 is 13.0. The van der Waals surface area contributed by atoms with E-state index in [0.717, 1.165) is 46.3 Å². The van der Waals surface area contributed by atoms with Gasteiger partial charge in [0.15, 0.2) is 5.82 Å². The highest BCUT2D eigenvalue weighted by Crippen LogP contribution is 2.30. The van der Waals surface area contributed by atoms with E-state index in [0.29, 0.717) is 25.6 Å². The fourth-order valence-corrected chi connectivity index (χ4v) is 3.01. The van der Waals surface area contributed by atoms with E-state index < -0.39 is 0 Å². The van der Waals surface area contributed by atoms with E-state index >= 15 is 0 Å². The summed E-state index contributed by atoms with van der Waals surface area (Å²) in [6.07, 6.45) is 2.69. The third-order valence-electron chi connectivity index (χ3n) is 4.21. The molecule has 2 heterocycles. The van der Waals surface area contributed by atoms with Crippen LogP contribution < -0.4 is 5.73 Å². The Morgan fingerprint density at radius 2 is 2.16 bits per heavy atom. The largest absolute Gasteiger partial charge is 0.385 e. The molecule has 0 saturated heterocycles. The number of fused-ring (bicyclic) bond motifs is 3. The second kappa shape index (κ2) is 7.63. The molecular weight excluding hydrogens is 316 g/mol. The summed E-state index contributed by atoms with van der Waals surface area (Å²) in [5.41, 5.74) is 9.79. The monoisotopic (exact) mass is 340 g/mol. The standard InChI is InChI=1S/C19H24N4O2/c1-4-13-7-8-14-15(11-13)21-19(20)17-18(14)23(9-6-10-24-3)16(22-17)12-25-5-2/h4,7-8,11H,1,5-6,9-10,12H2,2-3H3,(H2,20,21). The number of imidazole rings is 1. The zero-order valence-corrected chi connectivity index (χ0v) is 14.8. The molecule has 0 aliphatic carbocycles. The van der Waals surface area contributed by atoms with Gasteiger partial charge in [0.2, 0.25) is 0 Å². The first-order valence-corrected chi connectivity index (χ1v) is 8.47. The van der Waals surface area contributed by atoms with Crippen molar-refractivity contribution >= 4 is 33.8 Å². The van der Waals surface area contributed by atoms with Crippen LogP contribution >= 0.6 is 0 Å². The Bertz CT molecular complexity index is 901. The molecule has 6 nitrogen and oxygen atoms in total. The first kappa shape index (κ1) is 17.4. The summed E-state index contributed by atoms with van der Waals surface area (Å²) in [7, 11) is 1.71. The quantitative estimate of drug-likeness (QED) is 0.636. The number of methoxy groups -OCH3 is 1. The number of nitrogens with two attached hydrogens (primary N) is 1. The Morgan fingerprint density at radius 3 is 2.88 bits per heavy atom. The normalized spacial score (nSPS) is 11.4. The maximum absolute atomic E-state index is 6.20. The van der Waals surface area contributed by atoms with Crippen LogP contribution in [0.4, 0.5) is 5.82 Å². The third kappa shape index (κ3) is 3.36. The molecule has 0 bridgehead atoms. The number of benzene rings is 1. The van der Waals surface area contributed by atoms with Crippen molar-refractivity contribution in [3.05, 3.63) is 36.2 Å². The van der Waals surface area contributed by atoms with Crippen molar-refractivity contribution in [3.63, 3.8) is 0 Å². The summed E-state index contributed by atoms with van der Waals surface area (Å²) >= 11 is 0. The fourth-order valence-electron chi connectivity index (χ4n) is 3.01. The highest BCUT2D eigenvalue weighted by molar-refractivity contribution is 6.07. The molecule has 0 aliphatic heterocycles. The molecule has 0 fully saturated rings. The number of anilines is 1. The predicted molar refractivity (Wildman–Crippen MR) is 101 cm³/mol. The summed E-state index contributed by atoms with van der Waals surface area (Å²) in [5.74, 6) is 1.30. The minimum Gasteiger partial charge on any atom is -0.385 e. The SMILES string of the molecule is C=Cc1ccc2c(c1)nc(N)c1nc(COCC)n(CCCOC)c12. The van der Waals surface area contributed by atoms with E-state index in [2.05, 4.69) is 22.2 Å². The van der Waals surface area contributed by atoms with Crippen LogP contribution in [0.1, 0.15) is 24.7 Å². The van der Waals surface area contributed by atoms with E-state index in [1.54, 1.807) is 13.2 Å². The molecule has 1 aromatic carbocycles. The molecule has 132 valence electrons. The molecule has 6 heteroatoms. The number of hydrogen-bond donors (Lipinski definition) is 1. The van der Waals surface area contributed by atoms with Crippen molar-refractivity contribution in [2.24, 2.45) is 0 Å². The van der Waals surface area contributed by atoms with Crippen LogP contribution in [0, 0.1) is 0 Å². The number of nitrogen functional groups attached to an aromatic ring is 1. The van der Waals surface area contributed by atoms with E-state index in [1.807, 2.05) is 19.1 Å². The lowest BCUT2D eigenvalue weighted by Gasteiger charge is -2.11. The van der Waals surface area contributed by atoms with Crippen LogP contribution in [-0.2, 0) is 22.6 Å². The Labute approximate surface area is 147 Å². The molecule has 0 radical (unpaired) electrons. The predicted octanol–water partition coefficient (Wildman–Crippen LogP) is 3.38. The zero-order valence-electron chi connectivity index (χ0n) is 14.8. The molecule has 0 spiro atoms. The average Bonchev–Trinajstić information content (AvgIpc) is 2.99. The van der Waals surface area contributed by atoms with Gasteiger partial charge in [-0.25, -0.2) is 9.97 Å². The van der Waals surface area contributed by atoms with Gasteiger partial charge >= 0.3 is 0 Å². The van der Waals surface area contributed by atoms with Crippen molar-refractivity contribution in [2.75, 3.05) is 26.1 Å². The number of aromatic nitrogens is 3. The Hall–Kier alpha value is -2.44. The fraction of sp³-hybridized carbons (Fsp3) is 0.368. The Balaban J connectivity index is 2.22. The van der Waals surface area contributed by atoms with Gasteiger partial charge in [-0.3, -0.25) is 0 Å². The molecule has 0 saturated carbocycles. The smallest absolute Gasteiger partial charge is 0.152 e. The van der Waals surface area contributed by atoms with Gasteiger partial charge in [0.25, 0.3) is 0 Å². The van der Waals surface area contributed by atoms with Gasteiger partial charge in [-0.1, -0.05) is 24.8 Å². The lowest BCUT2D eigenvalue weighted by Crippen LogP contribution is -2.08. The molecule has 0 amide bonds. The number of rotatable bonds is 8. The summed E-state index contributed by atoms with van der Waals surface area (Å²) in [6, 6.07) is 6.08. The van der Waals surface area contributed by atoms with Crippen molar-refractivity contribution in [2.45, 2.75) is 26.5 Å². The second-order valence-electron chi connectivity index (χ2n) is 5.84. The highest BCUT2D eigenvalue weighted by Gasteiger charge is 2.17. The van der Waals surface area contributed by atoms with Crippen molar-refractivity contribution < 1.29 is 9.47 Å². The van der Waals surface area contributed by atoms with Crippen molar-refractivity contribution in [3.8, 4) is 0 Å². The minimum atomic E-state index is 0.437. The first-order chi connectivity index (χ1) is 12.2. The maximum Gasteiger partial charge on any atom is 0.152 e. The van der Waals surface area contributed by atoms with Crippen molar-refractivity contribution in [1.29, 1.82) is 0 Å². The second-order valence-corrected chi connectivity index (χ2v) is 5.84. The molecule has 2 N–H and O–H groups in total. The molecule has 3 aromatic rings. The molecule has 2 aromatic heterocycles. The van der Waals surface area contributed by atoms with Gasteiger partial charge < -0.3 is 19.8 Å². The summed E-state index contributed by atoms with van der Waals surface area (Å²) in [5, 5.41) is 1.03. The molecule has 0 atom stereocenters. The topological polar surface area (TPSA) is 75.2 Å². The van der Waals surface area contributed by atoms with Gasteiger partial charge in [-0.05, 0) is 25.0 Å². The van der Waals surface area contributed by atoms with Crippen molar-refractivity contribution in [1.82, 2.24) is 14.5 Å². The van der Waals surface area contributed by atoms with Gasteiger partial charge in [0.1, 0.15) is 17.9 Å². The highest BCUT2D eigenvalue weighted by atomic mass is 16.5. The molecule has 25 heavy (non-hydrogen) atoms. The number of ether oxygens (including phenoxy) is 2. The van der Waals surface area contributed by atoms with E-state index in [1.165, 1.54) is 0 Å². The van der Waals surface area contributed by atoms with Gasteiger partial charge in [0.05, 0.1) is 11.0 Å². The molecular formula is C19H24N4O2. The average molecular weight is 340 g/mol. The van der Waals surface area contributed by atoms with E-state index in [4.69, 9.17) is 20.2 Å². The van der Waals surface area contributed by atoms with Crippen LogP contribution in [0.5, 0.6) is 0 Å². The van der Waals surface area contributed by atoms with Crippen LogP contribution in [0.2, 0.25) is 0 Å². The lowest BCUT2D eigenvalue weighted by molar-refractivity contribution is 0.125. The van der Waals surface area contributed by atoms with Crippen LogP contribution in [0.15, 0.2) is 24.8 Å². The Kier molecular flexibility index (Phi) is 5.31. The lowest BCUT2D eigenvalue weighted by atomic mass is 10.1. The number of pyridine rings is 1. The van der Waals surface area contributed by atoms with Gasteiger partial charge in [-0.2, -0.15) is 0 Å². The van der Waals surface area contributed by atoms with Crippen LogP contribution in [0.25, 0.3) is 28.0 Å².